The van der Waals surface area contributed by atoms with E-state index < -0.39 is 5.60 Å². The first-order valence-electron chi connectivity index (χ1n) is 7.76. The number of rotatable bonds is 4. The van der Waals surface area contributed by atoms with E-state index in [4.69, 9.17) is 9.47 Å². The molecule has 0 heterocycles. The minimum Gasteiger partial charge on any atom is -0.497 e. The maximum Gasteiger partial charge on any atom is 0.407 e. The lowest BCUT2D eigenvalue weighted by Gasteiger charge is -2.22. The molecule has 1 aromatic carbocycles. The molecule has 5 heteroatoms. The number of anilines is 1. The zero-order valence-corrected chi connectivity index (χ0v) is 13.8. The van der Waals surface area contributed by atoms with Crippen molar-refractivity contribution >= 4 is 11.8 Å². The summed E-state index contributed by atoms with van der Waals surface area (Å²) < 4.78 is 10.4. The highest BCUT2D eigenvalue weighted by Crippen LogP contribution is 2.24. The van der Waals surface area contributed by atoms with E-state index in [0.29, 0.717) is 6.04 Å². The van der Waals surface area contributed by atoms with E-state index in [1.807, 2.05) is 45.0 Å². The van der Waals surface area contributed by atoms with E-state index in [1.54, 1.807) is 7.11 Å². The SMILES string of the molecule is COc1ccc(NC2CCC(NC(=O)OC(C)(C)C)C2)cc1. The van der Waals surface area contributed by atoms with Crippen LogP contribution < -0.4 is 15.4 Å². The third-order valence-corrected chi connectivity index (χ3v) is 3.61. The molecule has 1 aliphatic carbocycles. The van der Waals surface area contributed by atoms with E-state index in [9.17, 15) is 4.79 Å². The van der Waals surface area contributed by atoms with Gasteiger partial charge in [-0.1, -0.05) is 0 Å². The van der Waals surface area contributed by atoms with E-state index in [-0.39, 0.29) is 12.1 Å². The average Bonchev–Trinajstić information content (AvgIpc) is 2.84. The molecule has 1 aromatic rings. The predicted octanol–water partition coefficient (Wildman–Crippen LogP) is 3.55. The molecule has 0 aromatic heterocycles. The van der Waals surface area contributed by atoms with Gasteiger partial charge < -0.3 is 20.1 Å². The fraction of sp³-hybridized carbons (Fsp3) is 0.588. The summed E-state index contributed by atoms with van der Waals surface area (Å²) in [7, 11) is 1.66. The first-order valence-corrected chi connectivity index (χ1v) is 7.76. The Morgan fingerprint density at radius 2 is 1.77 bits per heavy atom. The van der Waals surface area contributed by atoms with Crippen LogP contribution in [0.5, 0.6) is 5.75 Å². The van der Waals surface area contributed by atoms with E-state index >= 15 is 0 Å². The van der Waals surface area contributed by atoms with Crippen LogP contribution >= 0.6 is 0 Å². The summed E-state index contributed by atoms with van der Waals surface area (Å²) in [6.45, 7) is 5.61. The smallest absolute Gasteiger partial charge is 0.407 e. The van der Waals surface area contributed by atoms with Crippen LogP contribution in [0.3, 0.4) is 0 Å². The third-order valence-electron chi connectivity index (χ3n) is 3.61. The van der Waals surface area contributed by atoms with Crippen molar-refractivity contribution in [3.63, 3.8) is 0 Å². The summed E-state index contributed by atoms with van der Waals surface area (Å²) in [6, 6.07) is 8.43. The van der Waals surface area contributed by atoms with Crippen LogP contribution in [-0.4, -0.2) is 30.9 Å². The first-order chi connectivity index (χ1) is 10.4. The number of hydrogen-bond acceptors (Lipinski definition) is 4. The van der Waals surface area contributed by atoms with Gasteiger partial charge in [-0.3, -0.25) is 0 Å². The van der Waals surface area contributed by atoms with E-state index in [0.717, 1.165) is 30.7 Å². The second-order valence-electron chi connectivity index (χ2n) is 6.73. The predicted molar refractivity (Wildman–Crippen MR) is 87.4 cm³/mol. The normalized spacial score (nSPS) is 21.3. The van der Waals surface area contributed by atoms with Crippen molar-refractivity contribution in [2.45, 2.75) is 57.7 Å². The Bertz CT molecular complexity index is 494. The van der Waals surface area contributed by atoms with Gasteiger partial charge in [-0.05, 0) is 64.3 Å². The Kier molecular flexibility index (Phi) is 5.16. The maximum absolute atomic E-state index is 11.8. The number of methoxy groups -OCH3 is 1. The van der Waals surface area contributed by atoms with Gasteiger partial charge >= 0.3 is 6.09 Å². The fourth-order valence-electron chi connectivity index (χ4n) is 2.64. The van der Waals surface area contributed by atoms with Gasteiger partial charge in [0.15, 0.2) is 0 Å². The summed E-state index contributed by atoms with van der Waals surface area (Å²) in [5, 5.41) is 6.44. The maximum atomic E-state index is 11.8. The van der Waals surface area contributed by atoms with Crippen LogP contribution in [0.25, 0.3) is 0 Å². The lowest BCUT2D eigenvalue weighted by molar-refractivity contribution is 0.0505. The largest absolute Gasteiger partial charge is 0.497 e. The number of carbonyl (C=O) groups excluding carboxylic acids is 1. The topological polar surface area (TPSA) is 59.6 Å². The molecule has 2 N–H and O–H groups in total. The molecular weight excluding hydrogens is 280 g/mol. The van der Waals surface area contributed by atoms with Gasteiger partial charge in [-0.25, -0.2) is 4.79 Å². The van der Waals surface area contributed by atoms with Gasteiger partial charge in [0, 0.05) is 17.8 Å². The zero-order valence-electron chi connectivity index (χ0n) is 13.8. The number of alkyl carbamates (subject to hydrolysis) is 1. The van der Waals surface area contributed by atoms with E-state index in [2.05, 4.69) is 10.6 Å². The molecule has 1 aliphatic rings. The lowest BCUT2D eigenvalue weighted by atomic mass is 10.2. The van der Waals surface area contributed by atoms with Gasteiger partial charge in [0.2, 0.25) is 0 Å². The second-order valence-corrected chi connectivity index (χ2v) is 6.73. The second kappa shape index (κ2) is 6.90. The van der Waals surface area contributed by atoms with Crippen molar-refractivity contribution in [1.29, 1.82) is 0 Å². The molecule has 2 unspecified atom stereocenters. The van der Waals surface area contributed by atoms with E-state index in [1.165, 1.54) is 0 Å². The minimum atomic E-state index is -0.455. The zero-order chi connectivity index (χ0) is 16.2. The van der Waals surface area contributed by atoms with Crippen LogP contribution in [0.4, 0.5) is 10.5 Å². The number of nitrogens with one attached hydrogen (secondary N) is 2. The summed E-state index contributed by atoms with van der Waals surface area (Å²) in [5.41, 5.74) is 0.618. The molecule has 0 spiro atoms. The van der Waals surface area contributed by atoms with Crippen LogP contribution in [-0.2, 0) is 4.74 Å². The molecule has 5 nitrogen and oxygen atoms in total. The molecule has 1 saturated carbocycles. The van der Waals surface area contributed by atoms with Gasteiger partial charge in [-0.15, -0.1) is 0 Å². The quantitative estimate of drug-likeness (QED) is 0.893. The highest BCUT2D eigenvalue weighted by atomic mass is 16.6. The van der Waals surface area contributed by atoms with Crippen molar-refractivity contribution < 1.29 is 14.3 Å². The molecule has 2 atom stereocenters. The van der Waals surface area contributed by atoms with Crippen LogP contribution in [0.1, 0.15) is 40.0 Å². The Hall–Kier alpha value is -1.91. The molecule has 0 bridgehead atoms. The molecular formula is C17H26N2O3. The first kappa shape index (κ1) is 16.5. The van der Waals surface area contributed by atoms with Crippen LogP contribution in [0, 0.1) is 0 Å². The fourth-order valence-corrected chi connectivity index (χ4v) is 2.64. The number of carbonyl (C=O) groups is 1. The van der Waals surface area contributed by atoms with Crippen molar-refractivity contribution in [3.05, 3.63) is 24.3 Å². The van der Waals surface area contributed by atoms with Crippen molar-refractivity contribution in [3.8, 4) is 5.75 Å². The molecule has 22 heavy (non-hydrogen) atoms. The van der Waals surface area contributed by atoms with Crippen LogP contribution in [0.15, 0.2) is 24.3 Å². The van der Waals surface area contributed by atoms with Crippen molar-refractivity contribution in [1.82, 2.24) is 5.32 Å². The Morgan fingerprint density at radius 3 is 2.36 bits per heavy atom. The summed E-state index contributed by atoms with van der Waals surface area (Å²) in [5.74, 6) is 0.849. The molecule has 0 radical (unpaired) electrons. The van der Waals surface area contributed by atoms with Gasteiger partial charge in [0.25, 0.3) is 0 Å². The third kappa shape index (κ3) is 5.13. The number of ether oxygens (including phenoxy) is 2. The minimum absolute atomic E-state index is 0.172. The number of hydrogen-bond donors (Lipinski definition) is 2. The lowest BCUT2D eigenvalue weighted by Crippen LogP contribution is -2.38. The molecule has 1 amide bonds. The molecule has 1 fully saturated rings. The molecule has 122 valence electrons. The highest BCUT2D eigenvalue weighted by molar-refractivity contribution is 5.68. The monoisotopic (exact) mass is 306 g/mol. The number of benzene rings is 1. The molecule has 0 aliphatic heterocycles. The highest BCUT2D eigenvalue weighted by Gasteiger charge is 2.27. The van der Waals surface area contributed by atoms with Gasteiger partial charge in [-0.2, -0.15) is 0 Å². The average molecular weight is 306 g/mol. The van der Waals surface area contributed by atoms with Crippen LogP contribution in [0.2, 0.25) is 0 Å². The molecule has 0 saturated heterocycles. The van der Waals surface area contributed by atoms with Crippen molar-refractivity contribution in [2.24, 2.45) is 0 Å². The van der Waals surface area contributed by atoms with Gasteiger partial charge in [0.05, 0.1) is 7.11 Å². The Morgan fingerprint density at radius 1 is 1.14 bits per heavy atom. The van der Waals surface area contributed by atoms with Gasteiger partial charge in [0.1, 0.15) is 11.4 Å². The summed E-state index contributed by atoms with van der Waals surface area (Å²) >= 11 is 0. The van der Waals surface area contributed by atoms with Crippen molar-refractivity contribution in [2.75, 3.05) is 12.4 Å². The summed E-state index contributed by atoms with van der Waals surface area (Å²) in [4.78, 5) is 11.8. The number of amides is 1. The summed E-state index contributed by atoms with van der Waals surface area (Å²) in [6.07, 6.45) is 2.58. The molecule has 2 rings (SSSR count). The standard InChI is InChI=1S/C17H26N2O3/c1-17(2,3)22-16(20)19-14-6-5-13(11-14)18-12-7-9-15(21-4)10-8-12/h7-10,13-14,18H,5-6,11H2,1-4H3,(H,19,20). The Balaban J connectivity index is 1.78. The Labute approximate surface area is 132 Å².